The first-order chi connectivity index (χ1) is 17.3. The predicted octanol–water partition coefficient (Wildman–Crippen LogP) is 4.40. The molecule has 0 spiro atoms. The predicted molar refractivity (Wildman–Crippen MR) is 138 cm³/mol. The lowest BCUT2D eigenvalue weighted by molar-refractivity contribution is -0.150. The van der Waals surface area contributed by atoms with E-state index < -0.39 is 41.0 Å². The first-order valence-corrected chi connectivity index (χ1v) is 12.0. The van der Waals surface area contributed by atoms with Gasteiger partial charge in [0.15, 0.2) is 0 Å². The maximum Gasteiger partial charge on any atom is 0.235 e. The van der Waals surface area contributed by atoms with E-state index in [0.29, 0.717) is 29.3 Å². The molecule has 0 aliphatic heterocycles. The molecular formula is C29H30N2O5. The number of hydrogen-bond acceptors (Lipinski definition) is 5. The van der Waals surface area contributed by atoms with Gasteiger partial charge >= 0.3 is 0 Å². The normalized spacial score (nSPS) is 23.5. The lowest BCUT2D eigenvalue weighted by Crippen LogP contribution is -2.56. The summed E-state index contributed by atoms with van der Waals surface area (Å²) in [5.74, 6) is -4.06. The minimum absolute atomic E-state index is 0.325. The summed E-state index contributed by atoms with van der Waals surface area (Å²) in [4.78, 5) is 40.6. The molecule has 3 N–H and O–H groups in total. The summed E-state index contributed by atoms with van der Waals surface area (Å²) < 4.78 is 5.65. The van der Waals surface area contributed by atoms with Crippen molar-refractivity contribution in [3.8, 4) is 5.75 Å². The summed E-state index contributed by atoms with van der Waals surface area (Å²) in [7, 11) is 0. The van der Waals surface area contributed by atoms with Crippen LogP contribution in [0.3, 0.4) is 0 Å². The molecular weight excluding hydrogens is 456 g/mol. The van der Waals surface area contributed by atoms with E-state index in [1.54, 1.807) is 72.8 Å². The molecule has 2 amide bonds. The maximum atomic E-state index is 13.7. The van der Waals surface area contributed by atoms with Crippen LogP contribution in [0.25, 0.3) is 0 Å². The number of anilines is 2. The fourth-order valence-electron chi connectivity index (χ4n) is 4.95. The molecule has 7 heteroatoms. The third-order valence-corrected chi connectivity index (χ3v) is 6.47. The average Bonchev–Trinajstić information content (AvgIpc) is 2.84. The number of ketones is 1. The van der Waals surface area contributed by atoms with Gasteiger partial charge in [-0.3, -0.25) is 14.4 Å². The van der Waals surface area contributed by atoms with Gasteiger partial charge < -0.3 is 20.5 Å². The van der Waals surface area contributed by atoms with Gasteiger partial charge in [-0.1, -0.05) is 48.5 Å². The highest BCUT2D eigenvalue weighted by molar-refractivity contribution is 6.10. The van der Waals surface area contributed by atoms with Gasteiger partial charge in [0.05, 0.1) is 18.1 Å². The number of nitrogens with one attached hydrogen (secondary N) is 2. The van der Waals surface area contributed by atoms with Crippen LogP contribution in [0.4, 0.5) is 11.4 Å². The van der Waals surface area contributed by atoms with Crippen LogP contribution in [0, 0.1) is 11.8 Å². The second-order valence-corrected chi connectivity index (χ2v) is 9.20. The van der Waals surface area contributed by atoms with Gasteiger partial charge in [-0.25, -0.2) is 0 Å². The van der Waals surface area contributed by atoms with Crippen LogP contribution in [0.1, 0.15) is 31.7 Å². The standard InChI is InChI=1S/C29H30N2O5/c1-3-36-22-16-10-11-19(17-22)24-25(27(33)30-20-12-6-4-7-13-20)23(32)18-29(2,35)26(24)28(34)31-21-14-8-5-9-15-21/h4-17,24-26,35H,3,18H2,1-2H3,(H,30,33)(H,31,34)/t24-,25-,26-,29+/m0/s1. The van der Waals surface area contributed by atoms with Crippen LogP contribution in [-0.4, -0.2) is 34.9 Å². The monoisotopic (exact) mass is 486 g/mol. The second kappa shape index (κ2) is 10.7. The molecule has 3 aromatic rings. The van der Waals surface area contributed by atoms with Crippen molar-refractivity contribution in [1.29, 1.82) is 0 Å². The molecule has 0 aromatic heterocycles. The van der Waals surface area contributed by atoms with Crippen molar-refractivity contribution in [3.63, 3.8) is 0 Å². The van der Waals surface area contributed by atoms with E-state index in [4.69, 9.17) is 4.74 Å². The summed E-state index contributed by atoms with van der Waals surface area (Å²) in [6.07, 6.45) is -0.325. The molecule has 0 saturated heterocycles. The summed E-state index contributed by atoms with van der Waals surface area (Å²) in [6, 6.07) is 24.7. The van der Waals surface area contributed by atoms with Crippen LogP contribution >= 0.6 is 0 Å². The Bertz CT molecular complexity index is 1230. The lowest BCUT2D eigenvalue weighted by atomic mass is 9.61. The van der Waals surface area contributed by atoms with Gasteiger partial charge in [-0.2, -0.15) is 0 Å². The van der Waals surface area contributed by atoms with Crippen LogP contribution in [0.5, 0.6) is 5.75 Å². The zero-order valence-corrected chi connectivity index (χ0v) is 20.3. The largest absolute Gasteiger partial charge is 0.494 e. The number of para-hydroxylation sites is 2. The Balaban J connectivity index is 1.78. The molecule has 0 radical (unpaired) electrons. The topological polar surface area (TPSA) is 105 Å². The Hall–Kier alpha value is -3.97. The van der Waals surface area contributed by atoms with E-state index >= 15 is 0 Å². The van der Waals surface area contributed by atoms with E-state index in [-0.39, 0.29) is 6.42 Å². The van der Waals surface area contributed by atoms with Crippen molar-refractivity contribution in [2.45, 2.75) is 31.8 Å². The highest BCUT2D eigenvalue weighted by atomic mass is 16.5. The van der Waals surface area contributed by atoms with Crippen molar-refractivity contribution >= 4 is 29.0 Å². The average molecular weight is 487 g/mol. The maximum absolute atomic E-state index is 13.7. The Kier molecular flexibility index (Phi) is 7.50. The second-order valence-electron chi connectivity index (χ2n) is 9.20. The fraction of sp³-hybridized carbons (Fsp3) is 0.276. The number of Topliss-reactive ketones (excluding diaryl/α,β-unsaturated/α-hetero) is 1. The first kappa shape index (κ1) is 25.1. The number of ether oxygens (including phenoxy) is 1. The molecule has 186 valence electrons. The molecule has 0 heterocycles. The molecule has 7 nitrogen and oxygen atoms in total. The Morgan fingerprint density at radius 3 is 2.08 bits per heavy atom. The summed E-state index contributed by atoms with van der Waals surface area (Å²) in [6.45, 7) is 3.76. The number of benzene rings is 3. The first-order valence-electron chi connectivity index (χ1n) is 12.0. The summed E-state index contributed by atoms with van der Waals surface area (Å²) in [5, 5.41) is 17.1. The molecule has 3 aromatic carbocycles. The number of carbonyl (C=O) groups is 3. The van der Waals surface area contributed by atoms with Crippen molar-refractivity contribution in [2.24, 2.45) is 11.8 Å². The van der Waals surface area contributed by atoms with Gasteiger partial charge in [-0.05, 0) is 55.8 Å². The van der Waals surface area contributed by atoms with E-state index in [1.807, 2.05) is 19.1 Å². The van der Waals surface area contributed by atoms with E-state index in [9.17, 15) is 19.5 Å². The number of aliphatic hydroxyl groups is 1. The Morgan fingerprint density at radius 2 is 1.50 bits per heavy atom. The number of carbonyl (C=O) groups excluding carboxylic acids is 3. The zero-order chi connectivity index (χ0) is 25.7. The molecule has 1 saturated carbocycles. The van der Waals surface area contributed by atoms with Crippen LogP contribution in [0.2, 0.25) is 0 Å². The molecule has 36 heavy (non-hydrogen) atoms. The van der Waals surface area contributed by atoms with Gasteiger partial charge in [0.25, 0.3) is 0 Å². The summed E-state index contributed by atoms with van der Waals surface area (Å²) in [5.41, 5.74) is -0.0103. The smallest absolute Gasteiger partial charge is 0.235 e. The van der Waals surface area contributed by atoms with Crippen LogP contribution < -0.4 is 15.4 Å². The molecule has 4 rings (SSSR count). The minimum atomic E-state index is -1.67. The molecule has 0 unspecified atom stereocenters. The Labute approximate surface area is 210 Å². The molecule has 0 bridgehead atoms. The molecule has 4 atom stereocenters. The third kappa shape index (κ3) is 5.47. The van der Waals surface area contributed by atoms with Crippen molar-refractivity contribution in [3.05, 3.63) is 90.5 Å². The number of amides is 2. The highest BCUT2D eigenvalue weighted by Crippen LogP contribution is 2.47. The fourth-order valence-corrected chi connectivity index (χ4v) is 4.95. The Morgan fingerprint density at radius 1 is 0.917 bits per heavy atom. The van der Waals surface area contributed by atoms with Gasteiger partial charge in [0.1, 0.15) is 17.5 Å². The van der Waals surface area contributed by atoms with E-state index in [2.05, 4.69) is 10.6 Å². The summed E-state index contributed by atoms with van der Waals surface area (Å²) >= 11 is 0. The zero-order valence-electron chi connectivity index (χ0n) is 20.3. The van der Waals surface area contributed by atoms with Gasteiger partial charge in [0, 0.05) is 23.7 Å². The van der Waals surface area contributed by atoms with Gasteiger partial charge in [-0.15, -0.1) is 0 Å². The third-order valence-electron chi connectivity index (χ3n) is 6.47. The molecule has 1 fully saturated rings. The van der Waals surface area contributed by atoms with E-state index in [0.717, 1.165) is 0 Å². The quantitative estimate of drug-likeness (QED) is 0.429. The number of hydrogen-bond donors (Lipinski definition) is 3. The SMILES string of the molecule is CCOc1cccc([C@H]2[C@@H](C(=O)Nc3ccccc3)C(=O)C[C@@](C)(O)[C@@H]2C(=O)Nc2ccccc2)c1. The van der Waals surface area contributed by atoms with Crippen LogP contribution in [-0.2, 0) is 14.4 Å². The van der Waals surface area contributed by atoms with Crippen molar-refractivity contribution < 1.29 is 24.2 Å². The van der Waals surface area contributed by atoms with Crippen molar-refractivity contribution in [2.75, 3.05) is 17.2 Å². The van der Waals surface area contributed by atoms with Crippen molar-refractivity contribution in [1.82, 2.24) is 0 Å². The highest BCUT2D eigenvalue weighted by Gasteiger charge is 2.56. The van der Waals surface area contributed by atoms with E-state index in [1.165, 1.54) is 6.92 Å². The van der Waals surface area contributed by atoms with Gasteiger partial charge in [0.2, 0.25) is 11.8 Å². The lowest BCUT2D eigenvalue weighted by Gasteiger charge is -2.44. The van der Waals surface area contributed by atoms with Crippen LogP contribution in [0.15, 0.2) is 84.9 Å². The molecule has 1 aliphatic rings. The number of rotatable bonds is 7. The molecule has 1 aliphatic carbocycles. The minimum Gasteiger partial charge on any atom is -0.494 e.